The van der Waals surface area contributed by atoms with E-state index in [2.05, 4.69) is 17.1 Å². The second kappa shape index (κ2) is 7.98. The quantitative estimate of drug-likeness (QED) is 0.817. The summed E-state index contributed by atoms with van der Waals surface area (Å²) in [5, 5.41) is 2.83. The average molecular weight is 294 g/mol. The maximum absolute atomic E-state index is 12.9. The Bertz CT molecular complexity index is 467. The molecule has 1 saturated heterocycles. The summed E-state index contributed by atoms with van der Waals surface area (Å²) in [4.78, 5) is 14.0. The number of nitrogens with zero attached hydrogens (tertiary/aromatic N) is 1. The molecule has 1 aromatic carbocycles. The molecule has 116 valence electrons. The largest absolute Gasteiger partial charge is 0.492 e. The monoisotopic (exact) mass is 294 g/mol. The molecule has 1 N–H and O–H groups in total. The molecule has 0 radical (unpaired) electrons. The fourth-order valence-electron chi connectivity index (χ4n) is 2.61. The lowest BCUT2D eigenvalue weighted by atomic mass is 10.0. The number of likely N-dealkylation sites (tertiary alicyclic amines) is 1. The second-order valence-corrected chi connectivity index (χ2v) is 5.64. The minimum absolute atomic E-state index is 0.0203. The third kappa shape index (κ3) is 5.71. The molecule has 1 amide bonds. The van der Waals surface area contributed by atoms with Gasteiger partial charge in [-0.25, -0.2) is 4.39 Å². The van der Waals surface area contributed by atoms with Crippen LogP contribution in [0.1, 0.15) is 19.8 Å². The van der Waals surface area contributed by atoms with Crippen LogP contribution >= 0.6 is 0 Å². The second-order valence-electron chi connectivity index (χ2n) is 5.64. The van der Waals surface area contributed by atoms with Crippen LogP contribution in [0.4, 0.5) is 4.39 Å². The van der Waals surface area contributed by atoms with Crippen LogP contribution in [-0.2, 0) is 4.79 Å². The van der Waals surface area contributed by atoms with Crippen molar-refractivity contribution in [3.8, 4) is 5.75 Å². The highest BCUT2D eigenvalue weighted by molar-refractivity contribution is 5.78. The van der Waals surface area contributed by atoms with E-state index in [4.69, 9.17) is 4.74 Å². The predicted octanol–water partition coefficient (Wildman–Crippen LogP) is 2.05. The number of amides is 1. The first-order chi connectivity index (χ1) is 10.1. The number of carbonyl (C=O) groups is 1. The van der Waals surface area contributed by atoms with Crippen LogP contribution in [0.5, 0.6) is 5.75 Å². The van der Waals surface area contributed by atoms with E-state index in [0.29, 0.717) is 31.4 Å². The van der Waals surface area contributed by atoms with Crippen LogP contribution in [0.3, 0.4) is 0 Å². The van der Waals surface area contributed by atoms with Crippen LogP contribution in [0.25, 0.3) is 0 Å². The Hall–Kier alpha value is -1.62. The Morgan fingerprint density at radius 1 is 1.52 bits per heavy atom. The molecule has 0 aliphatic carbocycles. The molecule has 0 saturated carbocycles. The van der Waals surface area contributed by atoms with Crippen LogP contribution in [0.2, 0.25) is 0 Å². The Morgan fingerprint density at radius 3 is 3.14 bits per heavy atom. The fourth-order valence-corrected chi connectivity index (χ4v) is 2.61. The van der Waals surface area contributed by atoms with Gasteiger partial charge in [0.1, 0.15) is 18.2 Å². The molecule has 1 unspecified atom stereocenters. The topological polar surface area (TPSA) is 41.6 Å². The highest BCUT2D eigenvalue weighted by Gasteiger charge is 2.18. The summed E-state index contributed by atoms with van der Waals surface area (Å²) in [6.07, 6.45) is 2.41. The van der Waals surface area contributed by atoms with Crippen LogP contribution in [0.15, 0.2) is 24.3 Å². The van der Waals surface area contributed by atoms with Gasteiger partial charge >= 0.3 is 0 Å². The molecule has 1 fully saturated rings. The molecular formula is C16H23FN2O2. The van der Waals surface area contributed by atoms with E-state index in [-0.39, 0.29) is 11.7 Å². The van der Waals surface area contributed by atoms with E-state index in [9.17, 15) is 9.18 Å². The first-order valence-electron chi connectivity index (χ1n) is 7.51. The zero-order valence-corrected chi connectivity index (χ0v) is 12.5. The van der Waals surface area contributed by atoms with Crippen LogP contribution < -0.4 is 10.1 Å². The first-order valence-corrected chi connectivity index (χ1v) is 7.51. The summed E-state index contributed by atoms with van der Waals surface area (Å²) in [6, 6.07) is 5.99. The molecule has 21 heavy (non-hydrogen) atoms. The number of rotatable bonds is 6. The number of hydrogen-bond donors (Lipinski definition) is 1. The van der Waals surface area contributed by atoms with Crippen molar-refractivity contribution < 1.29 is 13.9 Å². The van der Waals surface area contributed by atoms with Crippen molar-refractivity contribution >= 4 is 5.91 Å². The SMILES string of the molecule is CC1CCCN(CC(=O)NCCOc2cccc(F)c2)C1. The number of hydrogen-bond acceptors (Lipinski definition) is 3. The van der Waals surface area contributed by atoms with E-state index in [0.717, 1.165) is 19.5 Å². The zero-order chi connectivity index (χ0) is 15.1. The van der Waals surface area contributed by atoms with Gasteiger partial charge in [0.25, 0.3) is 0 Å². The third-order valence-electron chi connectivity index (χ3n) is 3.60. The maximum atomic E-state index is 12.9. The summed E-state index contributed by atoms with van der Waals surface area (Å²) < 4.78 is 18.3. The van der Waals surface area contributed by atoms with Gasteiger partial charge in [0, 0.05) is 12.6 Å². The number of halogens is 1. The van der Waals surface area contributed by atoms with Crippen molar-refractivity contribution in [3.05, 3.63) is 30.1 Å². The van der Waals surface area contributed by atoms with Gasteiger partial charge in [0.2, 0.25) is 5.91 Å². The molecule has 5 heteroatoms. The number of benzene rings is 1. The minimum Gasteiger partial charge on any atom is -0.492 e. The molecule has 1 aliphatic heterocycles. The molecule has 1 aliphatic rings. The fraction of sp³-hybridized carbons (Fsp3) is 0.562. The van der Waals surface area contributed by atoms with Gasteiger partial charge in [0.15, 0.2) is 0 Å². The molecule has 4 nitrogen and oxygen atoms in total. The Balaban J connectivity index is 1.61. The average Bonchev–Trinajstić information content (AvgIpc) is 2.44. The van der Waals surface area contributed by atoms with E-state index in [1.54, 1.807) is 12.1 Å². The molecule has 0 bridgehead atoms. The van der Waals surface area contributed by atoms with Crippen molar-refractivity contribution in [2.45, 2.75) is 19.8 Å². The highest BCUT2D eigenvalue weighted by atomic mass is 19.1. The normalized spacial score (nSPS) is 19.2. The summed E-state index contributed by atoms with van der Waals surface area (Å²) in [5.41, 5.74) is 0. The molecular weight excluding hydrogens is 271 g/mol. The Labute approximate surface area is 125 Å². The Morgan fingerprint density at radius 2 is 2.38 bits per heavy atom. The maximum Gasteiger partial charge on any atom is 0.234 e. The number of nitrogens with one attached hydrogen (secondary N) is 1. The highest BCUT2D eigenvalue weighted by Crippen LogP contribution is 2.14. The number of carbonyl (C=O) groups excluding carboxylic acids is 1. The third-order valence-corrected chi connectivity index (χ3v) is 3.60. The number of piperidine rings is 1. The van der Waals surface area contributed by atoms with Gasteiger partial charge in [-0.15, -0.1) is 0 Å². The van der Waals surface area contributed by atoms with Crippen LogP contribution in [-0.4, -0.2) is 43.6 Å². The van der Waals surface area contributed by atoms with Crippen LogP contribution in [0, 0.1) is 11.7 Å². The lowest BCUT2D eigenvalue weighted by Gasteiger charge is -2.30. The van der Waals surface area contributed by atoms with E-state index in [1.807, 2.05) is 0 Å². The molecule has 0 spiro atoms. The first kappa shape index (κ1) is 15.8. The van der Waals surface area contributed by atoms with Crippen molar-refractivity contribution in [1.82, 2.24) is 10.2 Å². The standard InChI is InChI=1S/C16H23FN2O2/c1-13-4-3-8-19(11-13)12-16(20)18-7-9-21-15-6-2-5-14(17)10-15/h2,5-6,10,13H,3-4,7-9,11-12H2,1H3,(H,18,20). The van der Waals surface area contributed by atoms with Gasteiger partial charge in [0.05, 0.1) is 13.1 Å². The molecule has 0 aromatic heterocycles. The smallest absolute Gasteiger partial charge is 0.234 e. The van der Waals surface area contributed by atoms with Crippen molar-refractivity contribution in [3.63, 3.8) is 0 Å². The van der Waals surface area contributed by atoms with Crippen molar-refractivity contribution in [2.75, 3.05) is 32.8 Å². The molecule has 1 atom stereocenters. The molecule has 1 aromatic rings. The zero-order valence-electron chi connectivity index (χ0n) is 12.5. The van der Waals surface area contributed by atoms with Crippen molar-refractivity contribution in [2.24, 2.45) is 5.92 Å². The Kier molecular flexibility index (Phi) is 5.99. The summed E-state index contributed by atoms with van der Waals surface area (Å²) in [5.74, 6) is 0.847. The van der Waals surface area contributed by atoms with Gasteiger partial charge in [-0.2, -0.15) is 0 Å². The summed E-state index contributed by atoms with van der Waals surface area (Å²) in [7, 11) is 0. The van der Waals surface area contributed by atoms with Gasteiger partial charge in [-0.05, 0) is 37.4 Å². The van der Waals surface area contributed by atoms with Gasteiger partial charge < -0.3 is 10.1 Å². The van der Waals surface area contributed by atoms with Gasteiger partial charge in [-0.1, -0.05) is 13.0 Å². The van der Waals surface area contributed by atoms with E-state index in [1.165, 1.54) is 18.6 Å². The predicted molar refractivity (Wildman–Crippen MR) is 79.7 cm³/mol. The molecule has 1 heterocycles. The van der Waals surface area contributed by atoms with E-state index < -0.39 is 0 Å². The number of ether oxygens (including phenoxy) is 1. The van der Waals surface area contributed by atoms with Gasteiger partial charge in [-0.3, -0.25) is 9.69 Å². The molecule has 2 rings (SSSR count). The lowest BCUT2D eigenvalue weighted by molar-refractivity contribution is -0.122. The summed E-state index contributed by atoms with van der Waals surface area (Å²) in [6.45, 7) is 5.43. The summed E-state index contributed by atoms with van der Waals surface area (Å²) >= 11 is 0. The van der Waals surface area contributed by atoms with Crippen molar-refractivity contribution in [1.29, 1.82) is 0 Å². The lowest BCUT2D eigenvalue weighted by Crippen LogP contribution is -2.42. The van der Waals surface area contributed by atoms with E-state index >= 15 is 0 Å². The minimum atomic E-state index is -0.323.